The molecule has 4 nitrogen and oxygen atoms in total. The van der Waals surface area contributed by atoms with E-state index in [0.717, 1.165) is 11.1 Å². The van der Waals surface area contributed by atoms with E-state index >= 15 is 0 Å². The minimum Gasteiger partial charge on any atom is -0.496 e. The molecule has 1 aromatic heterocycles. The summed E-state index contributed by atoms with van der Waals surface area (Å²) in [6.45, 7) is 1.92. The summed E-state index contributed by atoms with van der Waals surface area (Å²) >= 11 is 0. The first-order chi connectivity index (χ1) is 7.13. The maximum Gasteiger partial charge on any atom is 0.337 e. The van der Waals surface area contributed by atoms with Crippen LogP contribution in [0.2, 0.25) is 0 Å². The summed E-state index contributed by atoms with van der Waals surface area (Å²) < 4.78 is 5.15. The number of carboxylic acids is 1. The predicted octanol–water partition coefficient (Wildman–Crippen LogP) is 2.18. The molecule has 0 aliphatic rings. The number of hydrogen-bond acceptors (Lipinski definition) is 2. The van der Waals surface area contributed by atoms with Crippen LogP contribution in [0.5, 0.6) is 5.75 Å². The van der Waals surface area contributed by atoms with Crippen molar-refractivity contribution in [2.45, 2.75) is 6.92 Å². The lowest BCUT2D eigenvalue weighted by molar-refractivity contribution is 0.0699. The summed E-state index contributed by atoms with van der Waals surface area (Å²) in [5.41, 5.74) is 2.05. The van der Waals surface area contributed by atoms with E-state index in [1.165, 1.54) is 6.20 Å². The van der Waals surface area contributed by atoms with E-state index in [0.29, 0.717) is 11.1 Å². The summed E-state index contributed by atoms with van der Waals surface area (Å²) in [7, 11) is 1.57. The second-order valence-corrected chi connectivity index (χ2v) is 3.37. The van der Waals surface area contributed by atoms with Crippen LogP contribution in [0.15, 0.2) is 18.3 Å². The average molecular weight is 205 g/mol. The van der Waals surface area contributed by atoms with Gasteiger partial charge in [0.25, 0.3) is 0 Å². The number of rotatable bonds is 2. The number of H-pyrrole nitrogens is 1. The van der Waals surface area contributed by atoms with Crippen LogP contribution < -0.4 is 4.74 Å². The topological polar surface area (TPSA) is 62.3 Å². The van der Waals surface area contributed by atoms with E-state index in [1.54, 1.807) is 13.2 Å². The summed E-state index contributed by atoms with van der Waals surface area (Å²) in [5, 5.41) is 9.62. The average Bonchev–Trinajstić information content (AvgIpc) is 2.59. The summed E-state index contributed by atoms with van der Waals surface area (Å²) in [5.74, 6) is -0.239. The van der Waals surface area contributed by atoms with Crippen molar-refractivity contribution in [1.29, 1.82) is 0 Å². The molecule has 2 aromatic rings. The fraction of sp³-hybridized carbons (Fsp3) is 0.182. The molecule has 0 aliphatic carbocycles. The Hall–Kier alpha value is -1.97. The Kier molecular flexibility index (Phi) is 2.11. The van der Waals surface area contributed by atoms with E-state index in [4.69, 9.17) is 9.84 Å². The van der Waals surface area contributed by atoms with Gasteiger partial charge in [-0.1, -0.05) is 0 Å². The molecule has 2 N–H and O–H groups in total. The van der Waals surface area contributed by atoms with Crippen molar-refractivity contribution in [2.24, 2.45) is 0 Å². The number of carboxylic acid groups (broad SMARTS) is 1. The minimum absolute atomic E-state index is 0.267. The zero-order valence-corrected chi connectivity index (χ0v) is 8.50. The van der Waals surface area contributed by atoms with Gasteiger partial charge in [-0.05, 0) is 24.6 Å². The maximum atomic E-state index is 10.9. The second-order valence-electron chi connectivity index (χ2n) is 3.37. The van der Waals surface area contributed by atoms with E-state index in [2.05, 4.69) is 4.98 Å². The maximum absolute atomic E-state index is 10.9. The molecule has 4 heteroatoms. The van der Waals surface area contributed by atoms with Crippen LogP contribution in [-0.4, -0.2) is 23.2 Å². The fourth-order valence-electron chi connectivity index (χ4n) is 1.65. The monoisotopic (exact) mass is 205 g/mol. The van der Waals surface area contributed by atoms with Gasteiger partial charge in [0.2, 0.25) is 0 Å². The van der Waals surface area contributed by atoms with Gasteiger partial charge in [0, 0.05) is 17.1 Å². The first-order valence-corrected chi connectivity index (χ1v) is 4.52. The number of aryl methyl sites for hydroxylation is 1. The highest BCUT2D eigenvalue weighted by molar-refractivity contribution is 6.03. The van der Waals surface area contributed by atoms with Gasteiger partial charge in [-0.2, -0.15) is 0 Å². The molecule has 0 saturated carbocycles. The third-order valence-corrected chi connectivity index (χ3v) is 2.43. The lowest BCUT2D eigenvalue weighted by Crippen LogP contribution is -1.94. The number of carbonyl (C=O) groups is 1. The smallest absolute Gasteiger partial charge is 0.337 e. The van der Waals surface area contributed by atoms with Crippen LogP contribution in [0.3, 0.4) is 0 Å². The van der Waals surface area contributed by atoms with Crippen LogP contribution in [0.1, 0.15) is 15.9 Å². The molecule has 0 radical (unpaired) electrons. The lowest BCUT2D eigenvalue weighted by atomic mass is 10.1. The Bertz CT molecular complexity index is 528. The predicted molar refractivity (Wildman–Crippen MR) is 56.5 cm³/mol. The van der Waals surface area contributed by atoms with E-state index in [9.17, 15) is 4.79 Å². The Labute approximate surface area is 86.5 Å². The van der Waals surface area contributed by atoms with Crippen molar-refractivity contribution >= 4 is 16.9 Å². The number of methoxy groups -OCH3 is 1. The highest BCUT2D eigenvalue weighted by atomic mass is 16.5. The van der Waals surface area contributed by atoms with Crippen LogP contribution in [0.4, 0.5) is 0 Å². The molecule has 2 rings (SSSR count). The number of hydrogen-bond donors (Lipinski definition) is 2. The highest BCUT2D eigenvalue weighted by Crippen LogP contribution is 2.27. The summed E-state index contributed by atoms with van der Waals surface area (Å²) in [4.78, 5) is 13.8. The number of aromatic carboxylic acids is 1. The van der Waals surface area contributed by atoms with E-state index in [1.807, 2.05) is 13.0 Å². The van der Waals surface area contributed by atoms with Crippen molar-refractivity contribution in [3.8, 4) is 5.75 Å². The molecule has 78 valence electrons. The molecule has 0 amide bonds. The first-order valence-electron chi connectivity index (χ1n) is 4.52. The standard InChI is InChI=1S/C11H11NO3/c1-6-3-9-7(4-10(6)15-2)8(5-12-9)11(13)14/h3-5,12H,1-2H3,(H,13,14). The van der Waals surface area contributed by atoms with Crippen molar-refractivity contribution in [3.63, 3.8) is 0 Å². The fourth-order valence-corrected chi connectivity index (χ4v) is 1.65. The van der Waals surface area contributed by atoms with Gasteiger partial charge in [0.15, 0.2) is 0 Å². The summed E-state index contributed by atoms with van der Waals surface area (Å²) in [6, 6.07) is 3.62. The molecule has 0 unspecified atom stereocenters. The molecule has 0 atom stereocenters. The van der Waals surface area contributed by atoms with Gasteiger partial charge in [0.1, 0.15) is 5.75 Å². The Morgan fingerprint density at radius 3 is 2.80 bits per heavy atom. The van der Waals surface area contributed by atoms with Gasteiger partial charge in [-0.15, -0.1) is 0 Å². The van der Waals surface area contributed by atoms with E-state index < -0.39 is 5.97 Å². The molecule has 1 heterocycles. The number of benzene rings is 1. The van der Waals surface area contributed by atoms with Gasteiger partial charge in [-0.3, -0.25) is 0 Å². The molecule has 1 aromatic carbocycles. The highest BCUT2D eigenvalue weighted by Gasteiger charge is 2.12. The lowest BCUT2D eigenvalue weighted by Gasteiger charge is -2.04. The first kappa shape index (κ1) is 9.58. The number of nitrogens with one attached hydrogen (secondary N) is 1. The van der Waals surface area contributed by atoms with Crippen LogP contribution in [0.25, 0.3) is 10.9 Å². The number of fused-ring (bicyclic) bond motifs is 1. The largest absolute Gasteiger partial charge is 0.496 e. The van der Waals surface area contributed by atoms with Crippen molar-refractivity contribution in [2.75, 3.05) is 7.11 Å². The van der Waals surface area contributed by atoms with Gasteiger partial charge < -0.3 is 14.8 Å². The van der Waals surface area contributed by atoms with Gasteiger partial charge >= 0.3 is 5.97 Å². The Morgan fingerprint density at radius 1 is 1.47 bits per heavy atom. The number of aromatic amines is 1. The molecule has 0 spiro atoms. The second kappa shape index (κ2) is 3.31. The molecular formula is C11H11NO3. The summed E-state index contributed by atoms with van der Waals surface area (Å²) in [6.07, 6.45) is 1.49. The molecular weight excluding hydrogens is 194 g/mol. The molecule has 15 heavy (non-hydrogen) atoms. The third-order valence-electron chi connectivity index (χ3n) is 2.43. The molecule has 0 saturated heterocycles. The van der Waals surface area contributed by atoms with Gasteiger partial charge in [-0.25, -0.2) is 4.79 Å². The Morgan fingerprint density at radius 2 is 2.20 bits per heavy atom. The third kappa shape index (κ3) is 1.44. The molecule has 0 bridgehead atoms. The Balaban J connectivity index is 2.74. The van der Waals surface area contributed by atoms with Crippen molar-refractivity contribution in [1.82, 2.24) is 4.98 Å². The van der Waals surface area contributed by atoms with Crippen LogP contribution in [0, 0.1) is 6.92 Å². The van der Waals surface area contributed by atoms with Crippen molar-refractivity contribution < 1.29 is 14.6 Å². The zero-order chi connectivity index (χ0) is 11.0. The van der Waals surface area contributed by atoms with Crippen molar-refractivity contribution in [3.05, 3.63) is 29.5 Å². The zero-order valence-electron chi connectivity index (χ0n) is 8.50. The quantitative estimate of drug-likeness (QED) is 0.789. The number of ether oxygens (including phenoxy) is 1. The normalized spacial score (nSPS) is 10.5. The van der Waals surface area contributed by atoms with E-state index in [-0.39, 0.29) is 5.56 Å². The van der Waals surface area contributed by atoms with Gasteiger partial charge in [0.05, 0.1) is 12.7 Å². The molecule has 0 aliphatic heterocycles. The number of aromatic nitrogens is 1. The van der Waals surface area contributed by atoms with Crippen LogP contribution in [-0.2, 0) is 0 Å². The minimum atomic E-state index is -0.938. The van der Waals surface area contributed by atoms with Crippen LogP contribution >= 0.6 is 0 Å². The SMILES string of the molecule is COc1cc2c(C(=O)O)c[nH]c2cc1C. The molecule has 0 fully saturated rings.